The number of hydrogen-bond donors (Lipinski definition) is 1. The summed E-state index contributed by atoms with van der Waals surface area (Å²) in [7, 11) is 0. The van der Waals surface area contributed by atoms with Crippen LogP contribution in [0.2, 0.25) is 0 Å². The molecule has 0 spiro atoms. The van der Waals surface area contributed by atoms with E-state index in [0.29, 0.717) is 0 Å². The van der Waals surface area contributed by atoms with E-state index in [1.807, 2.05) is 31.2 Å². The van der Waals surface area contributed by atoms with E-state index in [2.05, 4.69) is 4.99 Å². The maximum atomic E-state index is 10.5. The van der Waals surface area contributed by atoms with Crippen LogP contribution in [0.4, 0.5) is 5.69 Å². The number of carboxylic acids is 1. The van der Waals surface area contributed by atoms with E-state index >= 15 is 0 Å². The van der Waals surface area contributed by atoms with Crippen molar-refractivity contribution in [2.24, 2.45) is 4.99 Å². The van der Waals surface area contributed by atoms with Crippen LogP contribution >= 0.6 is 11.8 Å². The third kappa shape index (κ3) is 2.04. The van der Waals surface area contributed by atoms with Crippen LogP contribution in [0.5, 0.6) is 0 Å². The van der Waals surface area contributed by atoms with Gasteiger partial charge in [0.05, 0.1) is 16.7 Å². The fourth-order valence-electron chi connectivity index (χ4n) is 1.65. The standard InChI is InChI=1S/C11H11NO2S/c1-7-11(15-6-10(13)14)8-4-2-3-5-9(8)12-7/h2-5,11H,6H2,1H3,(H,13,14)/t11-/m1/s1. The Morgan fingerprint density at radius 1 is 1.53 bits per heavy atom. The molecule has 1 aliphatic rings. The van der Waals surface area contributed by atoms with Crippen LogP contribution in [-0.4, -0.2) is 22.5 Å². The average molecular weight is 221 g/mol. The largest absolute Gasteiger partial charge is 0.481 e. The first-order chi connectivity index (χ1) is 7.18. The van der Waals surface area contributed by atoms with Gasteiger partial charge in [0.1, 0.15) is 0 Å². The number of carbonyl (C=O) groups is 1. The molecule has 1 N–H and O–H groups in total. The Morgan fingerprint density at radius 3 is 3.00 bits per heavy atom. The lowest BCUT2D eigenvalue weighted by molar-refractivity contribution is -0.133. The van der Waals surface area contributed by atoms with Gasteiger partial charge in [0.25, 0.3) is 0 Å². The van der Waals surface area contributed by atoms with Crippen molar-refractivity contribution in [2.45, 2.75) is 12.2 Å². The Balaban J connectivity index is 2.20. The van der Waals surface area contributed by atoms with Gasteiger partial charge in [-0.3, -0.25) is 9.79 Å². The van der Waals surface area contributed by atoms with E-state index in [1.54, 1.807) is 0 Å². The number of nitrogens with zero attached hydrogens (tertiary/aromatic N) is 1. The number of carboxylic acid groups (broad SMARTS) is 1. The molecule has 1 heterocycles. The molecule has 78 valence electrons. The maximum absolute atomic E-state index is 10.5. The highest BCUT2D eigenvalue weighted by Gasteiger charge is 2.24. The highest BCUT2D eigenvalue weighted by atomic mass is 32.2. The van der Waals surface area contributed by atoms with Gasteiger partial charge >= 0.3 is 5.97 Å². The zero-order valence-electron chi connectivity index (χ0n) is 8.30. The summed E-state index contributed by atoms with van der Waals surface area (Å²) in [5.74, 6) is -0.663. The van der Waals surface area contributed by atoms with Gasteiger partial charge in [-0.25, -0.2) is 0 Å². The van der Waals surface area contributed by atoms with Crippen molar-refractivity contribution in [1.82, 2.24) is 0 Å². The molecule has 0 aromatic heterocycles. The summed E-state index contributed by atoms with van der Waals surface area (Å²) in [6.45, 7) is 1.94. The maximum Gasteiger partial charge on any atom is 0.313 e. The fourth-order valence-corrected chi connectivity index (χ4v) is 2.63. The highest BCUT2D eigenvalue weighted by molar-refractivity contribution is 8.00. The molecule has 15 heavy (non-hydrogen) atoms. The average Bonchev–Trinajstić information content (AvgIpc) is 2.50. The zero-order valence-corrected chi connectivity index (χ0v) is 9.12. The molecule has 0 amide bonds. The van der Waals surface area contributed by atoms with Gasteiger partial charge in [-0.2, -0.15) is 0 Å². The normalized spacial score (nSPS) is 18.5. The number of aliphatic carboxylic acids is 1. The van der Waals surface area contributed by atoms with Crippen LogP contribution in [0.3, 0.4) is 0 Å². The first-order valence-electron chi connectivity index (χ1n) is 4.66. The van der Waals surface area contributed by atoms with Gasteiger partial charge in [0.15, 0.2) is 0 Å². The smallest absolute Gasteiger partial charge is 0.313 e. The monoisotopic (exact) mass is 221 g/mol. The third-order valence-corrected chi connectivity index (χ3v) is 3.61. The molecule has 1 aromatic carbocycles. The molecule has 0 saturated carbocycles. The predicted octanol–water partition coefficient (Wildman–Crippen LogP) is 2.65. The van der Waals surface area contributed by atoms with Gasteiger partial charge in [-0.1, -0.05) is 18.2 Å². The Morgan fingerprint density at radius 2 is 2.27 bits per heavy atom. The minimum atomic E-state index is -0.780. The van der Waals surface area contributed by atoms with Crippen LogP contribution in [0.15, 0.2) is 29.3 Å². The van der Waals surface area contributed by atoms with E-state index in [-0.39, 0.29) is 11.0 Å². The second-order valence-electron chi connectivity index (χ2n) is 3.40. The molecular weight excluding hydrogens is 210 g/mol. The van der Waals surface area contributed by atoms with Crippen molar-refractivity contribution in [2.75, 3.05) is 5.75 Å². The van der Waals surface area contributed by atoms with Gasteiger partial charge in [-0.15, -0.1) is 11.8 Å². The summed E-state index contributed by atoms with van der Waals surface area (Å²) in [5.41, 5.74) is 3.08. The molecule has 0 radical (unpaired) electrons. The minimum absolute atomic E-state index is 0.109. The molecule has 0 unspecified atom stereocenters. The predicted molar refractivity (Wildman–Crippen MR) is 62.0 cm³/mol. The van der Waals surface area contributed by atoms with Crippen LogP contribution in [0, 0.1) is 0 Å². The molecule has 0 saturated heterocycles. The second-order valence-corrected chi connectivity index (χ2v) is 4.49. The molecule has 1 aliphatic heterocycles. The summed E-state index contributed by atoms with van der Waals surface area (Å²) in [6.07, 6.45) is 0. The molecule has 1 aromatic rings. The molecular formula is C11H11NO2S. The lowest BCUT2D eigenvalue weighted by atomic mass is 10.1. The lowest BCUT2D eigenvalue weighted by Gasteiger charge is -2.09. The van der Waals surface area contributed by atoms with Crippen LogP contribution < -0.4 is 0 Å². The number of fused-ring (bicyclic) bond motifs is 1. The number of aliphatic imine (C=N–C) groups is 1. The summed E-state index contributed by atoms with van der Waals surface area (Å²) in [6, 6.07) is 7.87. The number of benzene rings is 1. The summed E-state index contributed by atoms with van der Waals surface area (Å²) < 4.78 is 0. The number of thioether (sulfide) groups is 1. The zero-order chi connectivity index (χ0) is 10.8. The third-order valence-electron chi connectivity index (χ3n) is 2.27. The van der Waals surface area contributed by atoms with Crippen LogP contribution in [-0.2, 0) is 4.79 Å². The van der Waals surface area contributed by atoms with E-state index in [0.717, 1.165) is 17.0 Å². The Bertz CT molecular complexity index is 428. The quantitative estimate of drug-likeness (QED) is 0.853. The van der Waals surface area contributed by atoms with Gasteiger partial charge in [0.2, 0.25) is 0 Å². The molecule has 3 nitrogen and oxygen atoms in total. The SMILES string of the molecule is CC1=Nc2ccccc2[C@@H]1SCC(=O)O. The molecule has 0 bridgehead atoms. The van der Waals surface area contributed by atoms with Crippen LogP contribution in [0.25, 0.3) is 0 Å². The van der Waals surface area contributed by atoms with Gasteiger partial charge in [0, 0.05) is 5.71 Å². The van der Waals surface area contributed by atoms with E-state index in [4.69, 9.17) is 5.11 Å². The highest BCUT2D eigenvalue weighted by Crippen LogP contribution is 2.41. The topological polar surface area (TPSA) is 49.7 Å². The van der Waals surface area contributed by atoms with Crippen molar-refractivity contribution in [3.63, 3.8) is 0 Å². The van der Waals surface area contributed by atoms with Gasteiger partial charge in [-0.05, 0) is 18.6 Å². The van der Waals surface area contributed by atoms with Gasteiger partial charge < -0.3 is 5.11 Å². The van der Waals surface area contributed by atoms with Crippen molar-refractivity contribution >= 4 is 29.1 Å². The first-order valence-corrected chi connectivity index (χ1v) is 5.71. The van der Waals surface area contributed by atoms with E-state index < -0.39 is 5.97 Å². The Kier molecular flexibility index (Phi) is 2.77. The Hall–Kier alpha value is -1.29. The van der Waals surface area contributed by atoms with Crippen molar-refractivity contribution < 1.29 is 9.90 Å². The summed E-state index contributed by atoms with van der Waals surface area (Å²) in [4.78, 5) is 14.9. The second kappa shape index (κ2) is 4.06. The van der Waals surface area contributed by atoms with Crippen molar-refractivity contribution in [1.29, 1.82) is 0 Å². The summed E-state index contributed by atoms with van der Waals surface area (Å²) in [5, 5.41) is 8.76. The molecule has 0 aliphatic carbocycles. The van der Waals surface area contributed by atoms with E-state index in [9.17, 15) is 4.79 Å². The minimum Gasteiger partial charge on any atom is -0.481 e. The summed E-state index contributed by atoms with van der Waals surface area (Å²) >= 11 is 1.41. The first kappa shape index (κ1) is 10.2. The Labute approximate surface area is 92.2 Å². The number of rotatable bonds is 3. The van der Waals surface area contributed by atoms with E-state index in [1.165, 1.54) is 11.8 Å². The number of hydrogen-bond acceptors (Lipinski definition) is 3. The molecule has 2 rings (SSSR count). The molecule has 1 atom stereocenters. The fraction of sp³-hybridized carbons (Fsp3) is 0.273. The van der Waals surface area contributed by atoms with Crippen molar-refractivity contribution in [3.8, 4) is 0 Å². The van der Waals surface area contributed by atoms with Crippen molar-refractivity contribution in [3.05, 3.63) is 29.8 Å². The van der Waals surface area contributed by atoms with Crippen LogP contribution in [0.1, 0.15) is 17.7 Å². The lowest BCUT2D eigenvalue weighted by Crippen LogP contribution is -2.05. The molecule has 4 heteroatoms. The molecule has 0 fully saturated rings. The number of para-hydroxylation sites is 1.